The summed E-state index contributed by atoms with van der Waals surface area (Å²) >= 11 is 0. The van der Waals surface area contributed by atoms with Crippen molar-refractivity contribution in [3.05, 3.63) is 61.2 Å². The van der Waals surface area contributed by atoms with Gasteiger partial charge in [-0.2, -0.15) is 10.1 Å². The van der Waals surface area contributed by atoms with Crippen molar-refractivity contribution >= 4 is 17.6 Å². The number of nitrogens with one attached hydrogen (secondary N) is 1. The van der Waals surface area contributed by atoms with Crippen molar-refractivity contribution in [1.82, 2.24) is 24.7 Å². The Balaban J connectivity index is 1.32. The topological polar surface area (TPSA) is 104 Å². The number of pyridine rings is 1. The quantitative estimate of drug-likeness (QED) is 0.283. The van der Waals surface area contributed by atoms with Crippen LogP contribution in [0.25, 0.3) is 22.4 Å². The average molecular weight is 485 g/mol. The first kappa shape index (κ1) is 23.5. The van der Waals surface area contributed by atoms with E-state index in [0.717, 1.165) is 41.0 Å². The van der Waals surface area contributed by atoms with Gasteiger partial charge >= 0.3 is 5.97 Å². The zero-order chi connectivity index (χ0) is 25.3. The van der Waals surface area contributed by atoms with Crippen molar-refractivity contribution in [1.29, 1.82) is 0 Å². The van der Waals surface area contributed by atoms with E-state index in [9.17, 15) is 4.79 Å². The second-order valence-corrected chi connectivity index (χ2v) is 9.76. The monoisotopic (exact) mass is 484 g/mol. The molecule has 1 aromatic carbocycles. The third-order valence-electron chi connectivity index (χ3n) is 5.56. The van der Waals surface area contributed by atoms with Gasteiger partial charge in [0.25, 0.3) is 0 Å². The zero-order valence-electron chi connectivity index (χ0n) is 20.7. The standard InChI is InChI=1S/C27H28N6O3/c1-27(2,3)36-24-16-28-15-23(31-24)32-25-21(14-30-33(25)4)22-12-9-19(13-29-22)17-7-10-20(11-8-17)35-26(34)18-5-6-18/h7-16,18H,5-6H2,1-4H3,(H,31,32). The molecule has 9 heteroatoms. The lowest BCUT2D eigenvalue weighted by Crippen LogP contribution is -2.23. The lowest BCUT2D eigenvalue weighted by atomic mass is 10.1. The highest BCUT2D eigenvalue weighted by atomic mass is 16.5. The molecule has 0 saturated heterocycles. The van der Waals surface area contributed by atoms with Crippen LogP contribution >= 0.6 is 0 Å². The predicted molar refractivity (Wildman–Crippen MR) is 136 cm³/mol. The average Bonchev–Trinajstić information content (AvgIpc) is 3.64. The number of hydrogen-bond acceptors (Lipinski definition) is 8. The summed E-state index contributed by atoms with van der Waals surface area (Å²) < 4.78 is 13.0. The number of hydrogen-bond donors (Lipinski definition) is 1. The van der Waals surface area contributed by atoms with Crippen LogP contribution in [0.15, 0.2) is 61.2 Å². The van der Waals surface area contributed by atoms with Gasteiger partial charge in [-0.25, -0.2) is 0 Å². The van der Waals surface area contributed by atoms with E-state index in [4.69, 9.17) is 9.47 Å². The molecule has 1 fully saturated rings. The molecule has 3 heterocycles. The number of carbonyl (C=O) groups excluding carboxylic acids is 1. The molecule has 0 radical (unpaired) electrons. The molecule has 9 nitrogen and oxygen atoms in total. The maximum atomic E-state index is 11.9. The van der Waals surface area contributed by atoms with E-state index in [1.165, 1.54) is 0 Å². The van der Waals surface area contributed by atoms with Crippen LogP contribution in [0.5, 0.6) is 11.6 Å². The van der Waals surface area contributed by atoms with Gasteiger partial charge in [-0.15, -0.1) is 0 Å². The molecule has 36 heavy (non-hydrogen) atoms. The van der Waals surface area contributed by atoms with Crippen molar-refractivity contribution in [2.24, 2.45) is 13.0 Å². The molecule has 3 aromatic heterocycles. The summed E-state index contributed by atoms with van der Waals surface area (Å²) in [6, 6.07) is 11.4. The van der Waals surface area contributed by atoms with Gasteiger partial charge in [-0.3, -0.25) is 19.4 Å². The largest absolute Gasteiger partial charge is 0.471 e. The molecule has 1 aliphatic carbocycles. The van der Waals surface area contributed by atoms with Crippen LogP contribution in [0.3, 0.4) is 0 Å². The highest BCUT2D eigenvalue weighted by Gasteiger charge is 2.31. The zero-order valence-corrected chi connectivity index (χ0v) is 20.7. The molecule has 1 saturated carbocycles. The smallest absolute Gasteiger partial charge is 0.314 e. The van der Waals surface area contributed by atoms with E-state index in [0.29, 0.717) is 17.4 Å². The summed E-state index contributed by atoms with van der Waals surface area (Å²) in [7, 11) is 1.85. The summed E-state index contributed by atoms with van der Waals surface area (Å²) in [5.41, 5.74) is 3.15. The molecule has 4 aromatic rings. The minimum atomic E-state index is -0.377. The molecular formula is C27H28N6O3. The van der Waals surface area contributed by atoms with Gasteiger partial charge in [0.1, 0.15) is 17.2 Å². The maximum absolute atomic E-state index is 11.9. The van der Waals surface area contributed by atoms with Gasteiger partial charge in [0.05, 0.1) is 35.8 Å². The molecule has 0 aliphatic heterocycles. The van der Waals surface area contributed by atoms with E-state index >= 15 is 0 Å². The maximum Gasteiger partial charge on any atom is 0.314 e. The Morgan fingerprint density at radius 1 is 1.00 bits per heavy atom. The number of benzene rings is 1. The summed E-state index contributed by atoms with van der Waals surface area (Å²) in [5, 5.41) is 7.69. The minimum absolute atomic E-state index is 0.0704. The number of aromatic nitrogens is 5. The SMILES string of the molecule is Cn1ncc(-c2ccc(-c3ccc(OC(=O)C4CC4)cc3)cn2)c1Nc1cncc(OC(C)(C)C)n1. The van der Waals surface area contributed by atoms with Crippen LogP contribution in [0.1, 0.15) is 33.6 Å². The van der Waals surface area contributed by atoms with Gasteiger partial charge in [0.2, 0.25) is 5.88 Å². The van der Waals surface area contributed by atoms with Crippen molar-refractivity contribution in [3.8, 4) is 34.0 Å². The van der Waals surface area contributed by atoms with Crippen molar-refractivity contribution in [2.75, 3.05) is 5.32 Å². The molecule has 0 atom stereocenters. The van der Waals surface area contributed by atoms with Crippen molar-refractivity contribution < 1.29 is 14.3 Å². The molecule has 5 rings (SSSR count). The van der Waals surface area contributed by atoms with Crippen LogP contribution in [-0.4, -0.2) is 36.3 Å². The van der Waals surface area contributed by atoms with E-state index in [1.807, 2.05) is 70.4 Å². The Morgan fingerprint density at radius 3 is 2.42 bits per heavy atom. The van der Waals surface area contributed by atoms with E-state index < -0.39 is 0 Å². The number of esters is 1. The third kappa shape index (κ3) is 5.51. The molecular weight excluding hydrogens is 456 g/mol. The molecule has 0 bridgehead atoms. The fraction of sp³-hybridized carbons (Fsp3) is 0.296. The number of ether oxygens (including phenoxy) is 2. The highest BCUT2D eigenvalue weighted by molar-refractivity contribution is 5.78. The molecule has 1 N–H and O–H groups in total. The predicted octanol–water partition coefficient (Wildman–Crippen LogP) is 5.18. The number of nitrogens with zero attached hydrogens (tertiary/aromatic N) is 5. The Kier molecular flexibility index (Phi) is 6.13. The molecule has 184 valence electrons. The Morgan fingerprint density at radius 2 is 1.75 bits per heavy atom. The molecule has 0 unspecified atom stereocenters. The van der Waals surface area contributed by atoms with Crippen LogP contribution in [-0.2, 0) is 11.8 Å². The van der Waals surface area contributed by atoms with Gasteiger partial charge < -0.3 is 14.8 Å². The number of rotatable bonds is 7. The first-order valence-electron chi connectivity index (χ1n) is 11.8. The minimum Gasteiger partial charge on any atom is -0.471 e. The normalized spacial score (nSPS) is 13.3. The summed E-state index contributed by atoms with van der Waals surface area (Å²) in [6.07, 6.45) is 8.65. The highest BCUT2D eigenvalue weighted by Crippen LogP contribution is 2.32. The number of carbonyl (C=O) groups is 1. The summed E-state index contributed by atoms with van der Waals surface area (Å²) in [6.45, 7) is 5.88. The van der Waals surface area contributed by atoms with Gasteiger partial charge in [0.15, 0.2) is 5.82 Å². The van der Waals surface area contributed by atoms with Gasteiger partial charge in [-0.1, -0.05) is 18.2 Å². The van der Waals surface area contributed by atoms with E-state index in [2.05, 4.69) is 25.4 Å². The third-order valence-corrected chi connectivity index (χ3v) is 5.56. The van der Waals surface area contributed by atoms with Gasteiger partial charge in [0, 0.05) is 18.8 Å². The fourth-order valence-corrected chi connectivity index (χ4v) is 3.62. The van der Waals surface area contributed by atoms with Crippen LogP contribution in [0.4, 0.5) is 11.6 Å². The van der Waals surface area contributed by atoms with Gasteiger partial charge in [-0.05, 0) is 57.4 Å². The molecule has 0 spiro atoms. The Labute approximate surface area is 209 Å². The summed E-state index contributed by atoms with van der Waals surface area (Å²) in [5.74, 6) is 2.20. The van der Waals surface area contributed by atoms with Crippen LogP contribution in [0.2, 0.25) is 0 Å². The number of anilines is 2. The fourth-order valence-electron chi connectivity index (χ4n) is 3.62. The second-order valence-electron chi connectivity index (χ2n) is 9.76. The van der Waals surface area contributed by atoms with Crippen molar-refractivity contribution in [2.45, 2.75) is 39.2 Å². The number of aryl methyl sites for hydroxylation is 1. The lowest BCUT2D eigenvalue weighted by molar-refractivity contribution is -0.135. The Bertz CT molecular complexity index is 1370. The van der Waals surface area contributed by atoms with Crippen LogP contribution < -0.4 is 14.8 Å². The summed E-state index contributed by atoms with van der Waals surface area (Å²) in [4.78, 5) is 25.3. The first-order valence-corrected chi connectivity index (χ1v) is 11.8. The molecule has 0 amide bonds. The van der Waals surface area contributed by atoms with Crippen molar-refractivity contribution in [3.63, 3.8) is 0 Å². The van der Waals surface area contributed by atoms with E-state index in [-0.39, 0.29) is 17.5 Å². The van der Waals surface area contributed by atoms with E-state index in [1.54, 1.807) is 23.3 Å². The second kappa shape index (κ2) is 9.41. The van der Waals surface area contributed by atoms with Crippen LogP contribution in [0, 0.1) is 5.92 Å². The molecule has 1 aliphatic rings. The Hall–Kier alpha value is -4.27. The lowest BCUT2D eigenvalue weighted by Gasteiger charge is -2.20. The first-order chi connectivity index (χ1) is 17.2.